The van der Waals surface area contributed by atoms with Crippen LogP contribution >= 0.6 is 0 Å². The molecule has 0 saturated heterocycles. The van der Waals surface area contributed by atoms with Gasteiger partial charge >= 0.3 is 0 Å². The van der Waals surface area contributed by atoms with E-state index in [1.165, 1.54) is 24.3 Å². The Hall–Kier alpha value is -3.05. The van der Waals surface area contributed by atoms with Crippen LogP contribution < -0.4 is 4.74 Å². The van der Waals surface area contributed by atoms with Crippen LogP contribution in [0.25, 0.3) is 11.1 Å². The van der Waals surface area contributed by atoms with Crippen molar-refractivity contribution < 1.29 is 9.13 Å². The van der Waals surface area contributed by atoms with E-state index in [4.69, 9.17) is 4.74 Å². The average Bonchev–Trinajstić information content (AvgIpc) is 2.68. The predicted octanol–water partition coefficient (Wildman–Crippen LogP) is 5.85. The van der Waals surface area contributed by atoms with Crippen molar-refractivity contribution in [2.75, 3.05) is 7.11 Å². The third-order valence-corrected chi connectivity index (χ3v) is 4.21. The molecule has 0 fully saturated rings. The number of ether oxygens (including phenoxy) is 1. The zero-order chi connectivity index (χ0) is 18.4. The van der Waals surface area contributed by atoms with E-state index >= 15 is 0 Å². The molecule has 3 rings (SSSR count). The molecule has 0 atom stereocenters. The van der Waals surface area contributed by atoms with Gasteiger partial charge in [-0.2, -0.15) is 0 Å². The first-order valence-electron chi connectivity index (χ1n) is 8.74. The second-order valence-corrected chi connectivity index (χ2v) is 6.12. The Morgan fingerprint density at radius 2 is 1.38 bits per heavy atom. The summed E-state index contributed by atoms with van der Waals surface area (Å²) in [5.74, 6) is 5.89. The fraction of sp³-hybridized carbons (Fsp3) is 0.167. The molecule has 0 amide bonds. The first-order valence-corrected chi connectivity index (χ1v) is 8.74. The van der Waals surface area contributed by atoms with Crippen molar-refractivity contribution in [3.8, 4) is 28.7 Å². The number of hydrogen-bond donors (Lipinski definition) is 0. The Kier molecular flexibility index (Phi) is 5.71. The summed E-state index contributed by atoms with van der Waals surface area (Å²) in [6.45, 7) is 2.19. The molecule has 0 aliphatic carbocycles. The summed E-state index contributed by atoms with van der Waals surface area (Å²) in [6, 6.07) is 21.5. The molecule has 2 heteroatoms. The number of halogens is 1. The van der Waals surface area contributed by atoms with E-state index in [2.05, 4.69) is 55.2 Å². The van der Waals surface area contributed by atoms with Crippen LogP contribution in [-0.2, 0) is 6.42 Å². The van der Waals surface area contributed by atoms with Crippen molar-refractivity contribution in [1.29, 1.82) is 0 Å². The van der Waals surface area contributed by atoms with Crippen LogP contribution in [0.3, 0.4) is 0 Å². The van der Waals surface area contributed by atoms with Crippen molar-refractivity contribution in [3.05, 3.63) is 89.2 Å². The lowest BCUT2D eigenvalue weighted by molar-refractivity contribution is 0.386. The normalized spacial score (nSPS) is 10.1. The Bertz CT molecular complexity index is 929. The standard InChI is InChI=1S/C24H21FO/c1-3-4-18-7-12-21(13-8-18)22-14-9-19(10-15-22)5-6-20-11-16-24(26-2)23(25)17-20/h7-17H,3-4H2,1-2H3. The highest BCUT2D eigenvalue weighted by atomic mass is 19.1. The van der Waals surface area contributed by atoms with Gasteiger partial charge in [0.05, 0.1) is 7.11 Å². The summed E-state index contributed by atoms with van der Waals surface area (Å²) in [5, 5.41) is 0. The van der Waals surface area contributed by atoms with Crippen molar-refractivity contribution in [2.45, 2.75) is 19.8 Å². The topological polar surface area (TPSA) is 9.23 Å². The maximum absolute atomic E-state index is 13.7. The number of methoxy groups -OCH3 is 1. The molecule has 0 N–H and O–H groups in total. The molecule has 0 unspecified atom stereocenters. The van der Waals surface area contributed by atoms with Gasteiger partial charge < -0.3 is 4.74 Å². The van der Waals surface area contributed by atoms with Crippen LogP contribution in [-0.4, -0.2) is 7.11 Å². The predicted molar refractivity (Wildman–Crippen MR) is 105 cm³/mol. The lowest BCUT2D eigenvalue weighted by Gasteiger charge is -2.04. The summed E-state index contributed by atoms with van der Waals surface area (Å²) in [5.41, 5.74) is 5.24. The Morgan fingerprint density at radius 3 is 1.96 bits per heavy atom. The van der Waals surface area contributed by atoms with Crippen molar-refractivity contribution in [1.82, 2.24) is 0 Å². The Labute approximate surface area is 154 Å². The van der Waals surface area contributed by atoms with Crippen LogP contribution in [0.15, 0.2) is 66.7 Å². The third kappa shape index (κ3) is 4.32. The van der Waals surface area contributed by atoms with Gasteiger partial charge in [-0.3, -0.25) is 0 Å². The third-order valence-electron chi connectivity index (χ3n) is 4.21. The highest BCUT2D eigenvalue weighted by Gasteiger charge is 2.02. The fourth-order valence-electron chi connectivity index (χ4n) is 2.79. The molecule has 0 saturated carbocycles. The highest BCUT2D eigenvalue weighted by molar-refractivity contribution is 5.64. The van der Waals surface area contributed by atoms with E-state index in [1.807, 2.05) is 12.1 Å². The lowest BCUT2D eigenvalue weighted by atomic mass is 10.0. The number of aryl methyl sites for hydroxylation is 1. The summed E-state index contributed by atoms with van der Waals surface area (Å²) in [7, 11) is 1.45. The fourth-order valence-corrected chi connectivity index (χ4v) is 2.79. The summed E-state index contributed by atoms with van der Waals surface area (Å²) in [6.07, 6.45) is 2.27. The lowest BCUT2D eigenvalue weighted by Crippen LogP contribution is -1.88. The first kappa shape index (κ1) is 17.8. The molecule has 130 valence electrons. The minimum atomic E-state index is -0.402. The van der Waals surface area contributed by atoms with Crippen molar-refractivity contribution in [2.24, 2.45) is 0 Å². The van der Waals surface area contributed by atoms with Crippen LogP contribution in [0.4, 0.5) is 4.39 Å². The molecule has 26 heavy (non-hydrogen) atoms. The van der Waals surface area contributed by atoms with E-state index in [0.29, 0.717) is 5.56 Å². The second-order valence-electron chi connectivity index (χ2n) is 6.12. The minimum Gasteiger partial charge on any atom is -0.494 e. The van der Waals surface area contributed by atoms with E-state index in [-0.39, 0.29) is 5.75 Å². The van der Waals surface area contributed by atoms with Gasteiger partial charge in [0.15, 0.2) is 11.6 Å². The van der Waals surface area contributed by atoms with Gasteiger partial charge in [-0.1, -0.05) is 61.6 Å². The smallest absolute Gasteiger partial charge is 0.166 e. The summed E-state index contributed by atoms with van der Waals surface area (Å²) >= 11 is 0. The van der Waals surface area contributed by atoms with Gasteiger partial charge in [-0.15, -0.1) is 0 Å². The zero-order valence-corrected chi connectivity index (χ0v) is 15.1. The van der Waals surface area contributed by atoms with Gasteiger partial charge in [0, 0.05) is 11.1 Å². The molecule has 0 aliphatic heterocycles. The van der Waals surface area contributed by atoms with E-state index in [0.717, 1.165) is 24.0 Å². The molecule has 1 nitrogen and oxygen atoms in total. The molecule has 0 spiro atoms. The van der Waals surface area contributed by atoms with Crippen LogP contribution in [0.2, 0.25) is 0 Å². The SMILES string of the molecule is CCCc1ccc(-c2ccc(C#Cc3ccc(OC)c(F)c3)cc2)cc1. The molecule has 0 bridgehead atoms. The second kappa shape index (κ2) is 8.36. The Morgan fingerprint density at radius 1 is 0.808 bits per heavy atom. The van der Waals surface area contributed by atoms with Crippen LogP contribution in [0.1, 0.15) is 30.0 Å². The van der Waals surface area contributed by atoms with Crippen LogP contribution in [0, 0.1) is 17.7 Å². The minimum absolute atomic E-state index is 0.227. The highest BCUT2D eigenvalue weighted by Crippen LogP contribution is 2.21. The van der Waals surface area contributed by atoms with Crippen molar-refractivity contribution >= 4 is 0 Å². The quantitative estimate of drug-likeness (QED) is 0.539. The number of rotatable bonds is 4. The molecule has 0 aromatic heterocycles. The van der Waals surface area contributed by atoms with E-state index in [1.54, 1.807) is 12.1 Å². The molecule has 0 radical (unpaired) electrons. The molecule has 0 aliphatic rings. The summed E-state index contributed by atoms with van der Waals surface area (Å²) < 4.78 is 18.6. The monoisotopic (exact) mass is 344 g/mol. The average molecular weight is 344 g/mol. The van der Waals surface area contributed by atoms with Crippen LogP contribution in [0.5, 0.6) is 5.75 Å². The zero-order valence-electron chi connectivity index (χ0n) is 15.1. The first-order chi connectivity index (χ1) is 12.7. The molecule has 3 aromatic carbocycles. The molecule has 0 heterocycles. The van der Waals surface area contributed by atoms with Gasteiger partial charge in [0.2, 0.25) is 0 Å². The largest absolute Gasteiger partial charge is 0.494 e. The molecule has 3 aromatic rings. The Balaban J connectivity index is 1.75. The number of hydrogen-bond acceptors (Lipinski definition) is 1. The van der Waals surface area contributed by atoms with E-state index < -0.39 is 5.82 Å². The number of benzene rings is 3. The maximum atomic E-state index is 13.7. The van der Waals surface area contributed by atoms with Gasteiger partial charge in [-0.05, 0) is 53.4 Å². The van der Waals surface area contributed by atoms with Gasteiger partial charge in [-0.25, -0.2) is 4.39 Å². The maximum Gasteiger partial charge on any atom is 0.166 e. The van der Waals surface area contributed by atoms with Gasteiger partial charge in [0.1, 0.15) is 0 Å². The summed E-state index contributed by atoms with van der Waals surface area (Å²) in [4.78, 5) is 0. The van der Waals surface area contributed by atoms with Crippen molar-refractivity contribution in [3.63, 3.8) is 0 Å². The van der Waals surface area contributed by atoms with E-state index in [9.17, 15) is 4.39 Å². The van der Waals surface area contributed by atoms with Gasteiger partial charge in [0.25, 0.3) is 0 Å². The molecular formula is C24H21FO. The molecular weight excluding hydrogens is 323 g/mol.